The zero-order valence-electron chi connectivity index (χ0n) is 15.0. The molecule has 0 fully saturated rings. The predicted octanol–water partition coefficient (Wildman–Crippen LogP) is 3.61. The molecule has 0 N–H and O–H groups in total. The van der Waals surface area contributed by atoms with E-state index in [1.54, 1.807) is 33.8 Å². The van der Waals surface area contributed by atoms with Crippen LogP contribution in [0.4, 0.5) is 0 Å². The first-order valence-electron chi connectivity index (χ1n) is 8.25. The normalized spacial score (nSPS) is 15.4. The first-order chi connectivity index (χ1) is 11.8. The van der Waals surface area contributed by atoms with Gasteiger partial charge in [0.25, 0.3) is 0 Å². The molecular weight excluding hydrogens is 316 g/mol. The standard InChI is InChI=1S/C21H22O4/c1-5-25-19(22)11-10-16-6-8-17(9-7-16)12-18-15(4)20(23)13(2)14(3)21(18)24/h6-11H,5,12H2,1-4H3/b11-10+. The second-order valence-corrected chi connectivity index (χ2v) is 6.02. The van der Waals surface area contributed by atoms with E-state index in [-0.39, 0.29) is 17.5 Å². The van der Waals surface area contributed by atoms with Crippen LogP contribution in [0.3, 0.4) is 0 Å². The number of esters is 1. The summed E-state index contributed by atoms with van der Waals surface area (Å²) in [6.45, 7) is 7.21. The van der Waals surface area contributed by atoms with Crippen molar-refractivity contribution in [1.29, 1.82) is 0 Å². The third-order valence-electron chi connectivity index (χ3n) is 4.37. The van der Waals surface area contributed by atoms with Gasteiger partial charge < -0.3 is 4.74 Å². The van der Waals surface area contributed by atoms with Gasteiger partial charge >= 0.3 is 5.97 Å². The number of benzene rings is 1. The third-order valence-corrected chi connectivity index (χ3v) is 4.37. The molecule has 4 nitrogen and oxygen atoms in total. The Morgan fingerprint density at radius 2 is 1.56 bits per heavy atom. The maximum absolute atomic E-state index is 12.5. The molecule has 130 valence electrons. The Morgan fingerprint density at radius 3 is 2.16 bits per heavy atom. The molecule has 0 aromatic heterocycles. The molecule has 0 radical (unpaired) electrons. The van der Waals surface area contributed by atoms with Gasteiger partial charge in [-0.15, -0.1) is 0 Å². The third kappa shape index (κ3) is 4.21. The molecular formula is C21H22O4. The van der Waals surface area contributed by atoms with Crippen molar-refractivity contribution in [2.24, 2.45) is 0 Å². The second kappa shape index (κ2) is 7.88. The fourth-order valence-electron chi connectivity index (χ4n) is 2.67. The number of rotatable bonds is 5. The van der Waals surface area contributed by atoms with Crippen LogP contribution in [0.5, 0.6) is 0 Å². The Balaban J connectivity index is 2.15. The van der Waals surface area contributed by atoms with Gasteiger partial charge in [0.1, 0.15) is 0 Å². The quantitative estimate of drug-likeness (QED) is 0.467. The van der Waals surface area contributed by atoms with Crippen molar-refractivity contribution in [2.45, 2.75) is 34.1 Å². The maximum Gasteiger partial charge on any atom is 0.330 e. The summed E-state index contributed by atoms with van der Waals surface area (Å²) in [7, 11) is 0. The van der Waals surface area contributed by atoms with E-state index in [9.17, 15) is 14.4 Å². The number of ketones is 2. The molecule has 1 aromatic rings. The highest BCUT2D eigenvalue weighted by Crippen LogP contribution is 2.26. The lowest BCUT2D eigenvalue weighted by Crippen LogP contribution is -2.21. The molecule has 0 unspecified atom stereocenters. The van der Waals surface area contributed by atoms with Gasteiger partial charge in [0.15, 0.2) is 11.6 Å². The molecule has 2 rings (SSSR count). The minimum absolute atomic E-state index is 0.0545. The van der Waals surface area contributed by atoms with Crippen molar-refractivity contribution in [3.63, 3.8) is 0 Å². The van der Waals surface area contributed by atoms with Crippen LogP contribution < -0.4 is 0 Å². The van der Waals surface area contributed by atoms with Crippen molar-refractivity contribution < 1.29 is 19.1 Å². The Bertz CT molecular complexity index is 805. The van der Waals surface area contributed by atoms with Crippen LogP contribution in [0, 0.1) is 0 Å². The maximum atomic E-state index is 12.5. The molecule has 1 aliphatic carbocycles. The Hall–Kier alpha value is -2.75. The molecule has 1 aliphatic rings. The van der Waals surface area contributed by atoms with Gasteiger partial charge in [0.2, 0.25) is 0 Å². The van der Waals surface area contributed by atoms with E-state index >= 15 is 0 Å². The largest absolute Gasteiger partial charge is 0.463 e. The monoisotopic (exact) mass is 338 g/mol. The van der Waals surface area contributed by atoms with E-state index in [0.717, 1.165) is 11.1 Å². The van der Waals surface area contributed by atoms with E-state index in [2.05, 4.69) is 0 Å². The fraction of sp³-hybridized carbons (Fsp3) is 0.286. The van der Waals surface area contributed by atoms with E-state index in [4.69, 9.17) is 4.74 Å². The van der Waals surface area contributed by atoms with Crippen LogP contribution in [-0.4, -0.2) is 24.1 Å². The second-order valence-electron chi connectivity index (χ2n) is 6.02. The highest BCUT2D eigenvalue weighted by atomic mass is 16.5. The van der Waals surface area contributed by atoms with E-state index in [1.807, 2.05) is 24.3 Å². The summed E-state index contributed by atoms with van der Waals surface area (Å²) in [4.78, 5) is 36.0. The van der Waals surface area contributed by atoms with Crippen LogP contribution in [0.15, 0.2) is 52.6 Å². The number of Topliss-reactive ketones (excluding diaryl/α,β-unsaturated/α-hetero) is 2. The number of ether oxygens (including phenoxy) is 1. The molecule has 0 spiro atoms. The number of hydrogen-bond donors (Lipinski definition) is 0. The minimum Gasteiger partial charge on any atom is -0.463 e. The van der Waals surface area contributed by atoms with Crippen molar-refractivity contribution in [3.8, 4) is 0 Å². The molecule has 0 heterocycles. The average molecular weight is 338 g/mol. The summed E-state index contributed by atoms with van der Waals surface area (Å²) in [5.74, 6) is -0.488. The Kier molecular flexibility index (Phi) is 5.86. The molecule has 0 amide bonds. The number of carbonyl (C=O) groups excluding carboxylic acids is 3. The summed E-state index contributed by atoms with van der Waals surface area (Å²) in [5.41, 5.74) is 3.95. The lowest BCUT2D eigenvalue weighted by molar-refractivity contribution is -0.137. The van der Waals surface area contributed by atoms with Gasteiger partial charge in [-0.2, -0.15) is 0 Å². The number of allylic oxidation sites excluding steroid dienone is 4. The highest BCUT2D eigenvalue weighted by molar-refractivity contribution is 6.24. The van der Waals surface area contributed by atoms with Crippen LogP contribution in [0.1, 0.15) is 38.8 Å². The summed E-state index contributed by atoms with van der Waals surface area (Å²) in [6, 6.07) is 7.51. The summed E-state index contributed by atoms with van der Waals surface area (Å²) in [5, 5.41) is 0. The smallest absolute Gasteiger partial charge is 0.330 e. The Labute approximate surface area is 147 Å². The van der Waals surface area contributed by atoms with Crippen LogP contribution in [0.2, 0.25) is 0 Å². The van der Waals surface area contributed by atoms with Crippen LogP contribution in [-0.2, 0) is 25.5 Å². The molecule has 25 heavy (non-hydrogen) atoms. The Morgan fingerprint density at radius 1 is 0.960 bits per heavy atom. The predicted molar refractivity (Wildman–Crippen MR) is 96.9 cm³/mol. The van der Waals surface area contributed by atoms with Crippen molar-refractivity contribution in [3.05, 3.63) is 63.8 Å². The first-order valence-corrected chi connectivity index (χ1v) is 8.25. The molecule has 4 heteroatoms. The topological polar surface area (TPSA) is 60.4 Å². The van der Waals surface area contributed by atoms with Gasteiger partial charge in [0, 0.05) is 34.8 Å². The van der Waals surface area contributed by atoms with E-state index in [1.165, 1.54) is 6.08 Å². The highest BCUT2D eigenvalue weighted by Gasteiger charge is 2.27. The first kappa shape index (κ1) is 18.6. The average Bonchev–Trinajstić information content (AvgIpc) is 2.61. The molecule has 0 aliphatic heterocycles. The number of hydrogen-bond acceptors (Lipinski definition) is 4. The number of carbonyl (C=O) groups is 3. The van der Waals surface area contributed by atoms with Gasteiger partial charge in [-0.3, -0.25) is 9.59 Å². The zero-order chi connectivity index (χ0) is 18.6. The molecule has 0 saturated carbocycles. The summed E-state index contributed by atoms with van der Waals surface area (Å²) >= 11 is 0. The lowest BCUT2D eigenvalue weighted by atomic mass is 9.83. The molecule has 0 saturated heterocycles. The van der Waals surface area contributed by atoms with Gasteiger partial charge in [-0.25, -0.2) is 4.79 Å². The SMILES string of the molecule is CCOC(=O)/C=C/c1ccc(CC2=C(C)C(=O)C(C)=C(C)C2=O)cc1. The lowest BCUT2D eigenvalue weighted by Gasteiger charge is -2.18. The zero-order valence-corrected chi connectivity index (χ0v) is 15.0. The van der Waals surface area contributed by atoms with Gasteiger partial charge in [0.05, 0.1) is 6.61 Å². The molecule has 0 atom stereocenters. The fourth-order valence-corrected chi connectivity index (χ4v) is 2.67. The minimum atomic E-state index is -0.378. The summed E-state index contributed by atoms with van der Waals surface area (Å²) in [6.07, 6.45) is 3.48. The van der Waals surface area contributed by atoms with Crippen LogP contribution in [0.25, 0.3) is 6.08 Å². The molecule has 0 bridgehead atoms. The van der Waals surface area contributed by atoms with Crippen LogP contribution >= 0.6 is 0 Å². The van der Waals surface area contributed by atoms with E-state index in [0.29, 0.717) is 35.3 Å². The van der Waals surface area contributed by atoms with Gasteiger partial charge in [-0.1, -0.05) is 24.3 Å². The van der Waals surface area contributed by atoms with Crippen molar-refractivity contribution >= 4 is 23.6 Å². The summed E-state index contributed by atoms with van der Waals surface area (Å²) < 4.78 is 4.83. The van der Waals surface area contributed by atoms with E-state index < -0.39 is 0 Å². The molecule has 1 aromatic carbocycles. The van der Waals surface area contributed by atoms with Gasteiger partial charge in [-0.05, 0) is 44.9 Å². The van der Waals surface area contributed by atoms with Crippen molar-refractivity contribution in [2.75, 3.05) is 6.61 Å². The van der Waals surface area contributed by atoms with Crippen molar-refractivity contribution in [1.82, 2.24) is 0 Å².